The van der Waals surface area contributed by atoms with Crippen LogP contribution < -0.4 is 5.32 Å². The van der Waals surface area contributed by atoms with Crippen LogP contribution in [0, 0.1) is 5.92 Å². The van der Waals surface area contributed by atoms with E-state index in [1.165, 1.54) is 0 Å². The van der Waals surface area contributed by atoms with Crippen molar-refractivity contribution in [3.05, 3.63) is 54.2 Å². The molecule has 0 atom stereocenters. The molecule has 0 aliphatic carbocycles. The molecule has 1 amide bonds. The van der Waals surface area contributed by atoms with Crippen molar-refractivity contribution >= 4 is 26.8 Å². The lowest BCUT2D eigenvalue weighted by molar-refractivity contribution is 0.0953. The lowest BCUT2D eigenvalue weighted by Gasteiger charge is -2.29. The average molecular weight is 524 g/mol. The van der Waals surface area contributed by atoms with Gasteiger partial charge in [0.15, 0.2) is 0 Å². The maximum absolute atomic E-state index is 13.4. The first-order valence-electron chi connectivity index (χ1n) is 13.2. The van der Waals surface area contributed by atoms with E-state index in [0.717, 1.165) is 38.9 Å². The van der Waals surface area contributed by atoms with Gasteiger partial charge >= 0.3 is 0 Å². The van der Waals surface area contributed by atoms with E-state index in [1.807, 2.05) is 18.2 Å². The average Bonchev–Trinajstić information content (AvgIpc) is 2.92. The molecule has 1 aliphatic heterocycles. The van der Waals surface area contributed by atoms with Crippen LogP contribution in [0.3, 0.4) is 0 Å². The summed E-state index contributed by atoms with van der Waals surface area (Å²) in [4.78, 5) is 25.0. The monoisotopic (exact) mass is 523 g/mol. The number of aromatic nitrogens is 2. The molecule has 2 aromatic heterocycles. The predicted molar refractivity (Wildman–Crippen MR) is 147 cm³/mol. The van der Waals surface area contributed by atoms with Gasteiger partial charge in [-0.3, -0.25) is 9.78 Å². The first-order chi connectivity index (χ1) is 17.8. The number of nitrogens with zero attached hydrogens (tertiary/aromatic N) is 4. The fraction of sp³-hybridized carbons (Fsp3) is 0.464. The zero-order valence-electron chi connectivity index (χ0n) is 22.0. The topological polar surface area (TPSA) is 95.5 Å². The van der Waals surface area contributed by atoms with Crippen LogP contribution in [0.25, 0.3) is 22.3 Å². The van der Waals surface area contributed by atoms with Gasteiger partial charge in [-0.15, -0.1) is 0 Å². The Hall–Kier alpha value is -2.88. The molecule has 1 N–H and O–H groups in total. The van der Waals surface area contributed by atoms with Crippen molar-refractivity contribution in [3.63, 3.8) is 0 Å². The molecule has 1 aromatic carbocycles. The van der Waals surface area contributed by atoms with Crippen molar-refractivity contribution in [1.82, 2.24) is 24.5 Å². The van der Waals surface area contributed by atoms with Gasteiger partial charge in [0.25, 0.3) is 5.91 Å². The highest BCUT2D eigenvalue weighted by Crippen LogP contribution is 2.29. The van der Waals surface area contributed by atoms with Crippen LogP contribution in [-0.2, 0) is 10.0 Å². The highest BCUT2D eigenvalue weighted by atomic mass is 32.2. The molecular weight excluding hydrogens is 486 g/mol. The van der Waals surface area contributed by atoms with Crippen LogP contribution in [0.15, 0.2) is 53.6 Å². The van der Waals surface area contributed by atoms with E-state index in [0.29, 0.717) is 53.4 Å². The molecule has 0 radical (unpaired) electrons. The van der Waals surface area contributed by atoms with Crippen LogP contribution >= 0.6 is 0 Å². The van der Waals surface area contributed by atoms with E-state index in [2.05, 4.69) is 36.0 Å². The van der Waals surface area contributed by atoms with E-state index in [4.69, 9.17) is 4.98 Å². The smallest absolute Gasteiger partial charge is 0.252 e. The summed E-state index contributed by atoms with van der Waals surface area (Å²) in [5.41, 5.74) is 2.18. The van der Waals surface area contributed by atoms with Gasteiger partial charge in [-0.2, -0.15) is 4.31 Å². The first-order valence-corrected chi connectivity index (χ1v) is 14.6. The number of piperidine rings is 1. The van der Waals surface area contributed by atoms with E-state index in [1.54, 1.807) is 34.8 Å². The molecule has 0 unspecified atom stereocenters. The molecule has 3 aromatic rings. The van der Waals surface area contributed by atoms with Crippen molar-refractivity contribution in [2.45, 2.75) is 44.9 Å². The number of carbonyl (C=O) groups excluding carboxylic acids is 1. The Morgan fingerprint density at radius 3 is 2.51 bits per heavy atom. The van der Waals surface area contributed by atoms with E-state index >= 15 is 0 Å². The van der Waals surface area contributed by atoms with E-state index in [9.17, 15) is 13.2 Å². The summed E-state index contributed by atoms with van der Waals surface area (Å²) in [6.07, 6.45) is 4.21. The fourth-order valence-electron chi connectivity index (χ4n) is 4.71. The SMILES string of the molecule is CCN(CC)CCCNC(=O)c1cc(-c2ccccn2)nc2ccc(S(=O)(=O)N3CCC(C)CC3)cc12. The van der Waals surface area contributed by atoms with Gasteiger partial charge in [0, 0.05) is 31.2 Å². The number of benzene rings is 1. The molecule has 4 rings (SSSR count). The minimum absolute atomic E-state index is 0.192. The van der Waals surface area contributed by atoms with Crippen molar-refractivity contribution in [1.29, 1.82) is 0 Å². The van der Waals surface area contributed by atoms with Gasteiger partial charge in [-0.05, 0) is 81.2 Å². The summed E-state index contributed by atoms with van der Waals surface area (Å²) < 4.78 is 28.4. The summed E-state index contributed by atoms with van der Waals surface area (Å²) in [5.74, 6) is 0.278. The third-order valence-electron chi connectivity index (χ3n) is 7.16. The second-order valence-corrected chi connectivity index (χ2v) is 11.6. The first kappa shape index (κ1) is 27.2. The van der Waals surface area contributed by atoms with Gasteiger partial charge in [-0.25, -0.2) is 13.4 Å². The quantitative estimate of drug-likeness (QED) is 0.401. The highest BCUT2D eigenvalue weighted by Gasteiger charge is 2.29. The predicted octanol–water partition coefficient (Wildman–Crippen LogP) is 4.18. The van der Waals surface area contributed by atoms with Crippen molar-refractivity contribution in [2.75, 3.05) is 39.3 Å². The molecular formula is C28H37N5O3S. The fourth-order valence-corrected chi connectivity index (χ4v) is 6.21. The summed E-state index contributed by atoms with van der Waals surface area (Å²) in [6.45, 7) is 10.8. The molecule has 198 valence electrons. The molecule has 9 heteroatoms. The molecule has 3 heterocycles. The lowest BCUT2D eigenvalue weighted by Crippen LogP contribution is -2.37. The normalized spacial score (nSPS) is 15.4. The third-order valence-corrected chi connectivity index (χ3v) is 9.06. The van der Waals surface area contributed by atoms with Crippen molar-refractivity contribution < 1.29 is 13.2 Å². The Kier molecular flexibility index (Phi) is 8.89. The van der Waals surface area contributed by atoms with Gasteiger partial charge in [0.2, 0.25) is 10.0 Å². The number of sulfonamides is 1. The zero-order valence-corrected chi connectivity index (χ0v) is 22.8. The Labute approximate surface area is 220 Å². The zero-order chi connectivity index (χ0) is 26.4. The number of carbonyl (C=O) groups is 1. The minimum Gasteiger partial charge on any atom is -0.352 e. The standard InChI is InChI=1S/C28H37N5O3S/c1-4-32(5-2)16-8-15-30-28(34)24-20-27(26-9-6-7-14-29-26)31-25-11-10-22(19-23(24)25)37(35,36)33-17-12-21(3)13-18-33/h6-7,9-11,14,19-21H,4-5,8,12-13,15-18H2,1-3H3,(H,30,34). The van der Waals surface area contributed by atoms with Crippen LogP contribution in [0.1, 0.15) is 50.4 Å². The Bertz CT molecular complexity index is 1320. The third kappa shape index (κ3) is 6.34. The number of pyridine rings is 2. The number of amides is 1. The number of hydrogen-bond acceptors (Lipinski definition) is 6. The van der Waals surface area contributed by atoms with Crippen LogP contribution in [0.5, 0.6) is 0 Å². The second-order valence-electron chi connectivity index (χ2n) is 9.67. The Morgan fingerprint density at radius 1 is 1.08 bits per heavy atom. The van der Waals surface area contributed by atoms with Gasteiger partial charge in [0.05, 0.1) is 27.4 Å². The maximum Gasteiger partial charge on any atom is 0.252 e. The summed E-state index contributed by atoms with van der Waals surface area (Å²) in [5, 5.41) is 3.55. The Morgan fingerprint density at radius 2 is 1.84 bits per heavy atom. The number of nitrogens with one attached hydrogen (secondary N) is 1. The molecule has 37 heavy (non-hydrogen) atoms. The molecule has 0 spiro atoms. The minimum atomic E-state index is -3.66. The highest BCUT2D eigenvalue weighted by molar-refractivity contribution is 7.89. The summed E-state index contributed by atoms with van der Waals surface area (Å²) in [6, 6.07) is 12.1. The molecule has 0 bridgehead atoms. The van der Waals surface area contributed by atoms with Gasteiger partial charge < -0.3 is 10.2 Å². The second kappa shape index (κ2) is 12.1. The number of hydrogen-bond donors (Lipinski definition) is 1. The Balaban J connectivity index is 1.68. The number of fused-ring (bicyclic) bond motifs is 1. The van der Waals surface area contributed by atoms with Gasteiger partial charge in [0.1, 0.15) is 0 Å². The van der Waals surface area contributed by atoms with Crippen LogP contribution in [-0.4, -0.2) is 72.8 Å². The molecule has 0 saturated carbocycles. The van der Waals surface area contributed by atoms with Crippen LogP contribution in [0.2, 0.25) is 0 Å². The van der Waals surface area contributed by atoms with E-state index in [-0.39, 0.29) is 10.8 Å². The molecule has 1 aliphatic rings. The van der Waals surface area contributed by atoms with Crippen molar-refractivity contribution in [2.24, 2.45) is 5.92 Å². The lowest BCUT2D eigenvalue weighted by atomic mass is 10.0. The molecule has 1 fully saturated rings. The van der Waals surface area contributed by atoms with Crippen molar-refractivity contribution in [3.8, 4) is 11.4 Å². The maximum atomic E-state index is 13.4. The largest absolute Gasteiger partial charge is 0.352 e. The van der Waals surface area contributed by atoms with Gasteiger partial charge in [-0.1, -0.05) is 26.8 Å². The van der Waals surface area contributed by atoms with E-state index < -0.39 is 10.0 Å². The summed E-state index contributed by atoms with van der Waals surface area (Å²) >= 11 is 0. The summed E-state index contributed by atoms with van der Waals surface area (Å²) in [7, 11) is -3.66. The van der Waals surface area contributed by atoms with Crippen LogP contribution in [0.4, 0.5) is 0 Å². The number of rotatable bonds is 10. The molecule has 1 saturated heterocycles. The molecule has 8 nitrogen and oxygen atoms in total.